The van der Waals surface area contributed by atoms with E-state index in [9.17, 15) is 4.79 Å². The monoisotopic (exact) mass is 198 g/mol. The Hall–Kier alpha value is -0.610. The fourth-order valence-corrected chi connectivity index (χ4v) is 2.28. The lowest BCUT2D eigenvalue weighted by Gasteiger charge is -2.34. The van der Waals surface area contributed by atoms with Gasteiger partial charge in [0.05, 0.1) is 18.8 Å². The fraction of sp³-hybridized carbons (Fsp3) is 0.900. The van der Waals surface area contributed by atoms with E-state index in [0.717, 1.165) is 39.3 Å². The Balaban J connectivity index is 1.95. The lowest BCUT2D eigenvalue weighted by atomic mass is 9.99. The maximum atomic E-state index is 11.5. The van der Waals surface area contributed by atoms with E-state index in [2.05, 4.69) is 5.32 Å². The summed E-state index contributed by atoms with van der Waals surface area (Å²) in [6, 6.07) is 0. The molecular formula is C10H18N2O2. The molecule has 1 atom stereocenters. The van der Waals surface area contributed by atoms with Gasteiger partial charge in [0.25, 0.3) is 0 Å². The number of carbonyl (C=O) groups excluding carboxylic acids is 1. The highest BCUT2D eigenvalue weighted by Gasteiger charge is 2.40. The van der Waals surface area contributed by atoms with E-state index >= 15 is 0 Å². The highest BCUT2D eigenvalue weighted by molar-refractivity contribution is 5.76. The molecule has 1 unspecified atom stereocenters. The second-order valence-electron chi connectivity index (χ2n) is 4.18. The van der Waals surface area contributed by atoms with Gasteiger partial charge in [0.1, 0.15) is 0 Å². The highest BCUT2D eigenvalue weighted by Crippen LogP contribution is 2.23. The lowest BCUT2D eigenvalue weighted by Crippen LogP contribution is -2.56. The number of carbonyl (C=O) groups is 1. The minimum Gasteiger partial charge on any atom is -0.378 e. The summed E-state index contributed by atoms with van der Waals surface area (Å²) in [7, 11) is 0. The van der Waals surface area contributed by atoms with Gasteiger partial charge in [-0.2, -0.15) is 0 Å². The van der Waals surface area contributed by atoms with E-state index in [0.29, 0.717) is 6.42 Å². The van der Waals surface area contributed by atoms with E-state index in [4.69, 9.17) is 4.74 Å². The van der Waals surface area contributed by atoms with Crippen LogP contribution in [0.3, 0.4) is 0 Å². The van der Waals surface area contributed by atoms with Gasteiger partial charge in [-0.3, -0.25) is 4.79 Å². The van der Waals surface area contributed by atoms with Gasteiger partial charge in [0.2, 0.25) is 5.91 Å². The van der Waals surface area contributed by atoms with Crippen LogP contribution >= 0.6 is 0 Å². The van der Waals surface area contributed by atoms with Gasteiger partial charge in [-0.15, -0.1) is 0 Å². The van der Waals surface area contributed by atoms with Gasteiger partial charge in [-0.05, 0) is 6.42 Å². The number of morpholine rings is 1. The summed E-state index contributed by atoms with van der Waals surface area (Å²) in [5, 5.41) is 3.48. The molecule has 1 spiro atoms. The normalized spacial score (nSPS) is 32.5. The second-order valence-corrected chi connectivity index (χ2v) is 4.18. The average molecular weight is 198 g/mol. The van der Waals surface area contributed by atoms with Crippen molar-refractivity contribution in [2.45, 2.75) is 25.3 Å². The molecule has 0 aliphatic carbocycles. The number of rotatable bonds is 1. The third kappa shape index (κ3) is 1.77. The van der Waals surface area contributed by atoms with Crippen LogP contribution in [0, 0.1) is 0 Å². The molecular weight excluding hydrogens is 180 g/mol. The van der Waals surface area contributed by atoms with Gasteiger partial charge in [-0.25, -0.2) is 0 Å². The predicted molar refractivity (Wildman–Crippen MR) is 53.0 cm³/mol. The Morgan fingerprint density at radius 3 is 3.14 bits per heavy atom. The molecule has 0 aromatic carbocycles. The second kappa shape index (κ2) is 3.87. The first-order valence-electron chi connectivity index (χ1n) is 5.36. The summed E-state index contributed by atoms with van der Waals surface area (Å²) in [5.74, 6) is 0.259. The minimum absolute atomic E-state index is 0.0586. The maximum Gasteiger partial charge on any atom is 0.222 e. The summed E-state index contributed by atoms with van der Waals surface area (Å²) in [6.07, 6.45) is 1.63. The largest absolute Gasteiger partial charge is 0.378 e. The van der Waals surface area contributed by atoms with Gasteiger partial charge in [-0.1, -0.05) is 6.92 Å². The first-order chi connectivity index (χ1) is 6.76. The molecule has 1 N–H and O–H groups in total. The Bertz CT molecular complexity index is 224. The van der Waals surface area contributed by atoms with Crippen LogP contribution in [0.15, 0.2) is 0 Å². The quantitative estimate of drug-likeness (QED) is 0.644. The van der Waals surface area contributed by atoms with Crippen molar-refractivity contribution < 1.29 is 9.53 Å². The molecule has 2 rings (SSSR count). The molecule has 1 amide bonds. The third-order valence-electron chi connectivity index (χ3n) is 3.13. The van der Waals surface area contributed by atoms with E-state index in [-0.39, 0.29) is 11.4 Å². The van der Waals surface area contributed by atoms with E-state index < -0.39 is 0 Å². The molecule has 0 saturated carbocycles. The van der Waals surface area contributed by atoms with Crippen molar-refractivity contribution in [1.29, 1.82) is 0 Å². The SMILES string of the molecule is CCC(=O)N1CCC2(COCCN2)C1. The van der Waals surface area contributed by atoms with Crippen molar-refractivity contribution >= 4 is 5.91 Å². The first kappa shape index (κ1) is 9.93. The highest BCUT2D eigenvalue weighted by atomic mass is 16.5. The number of hydrogen-bond donors (Lipinski definition) is 1. The lowest BCUT2D eigenvalue weighted by molar-refractivity contribution is -0.130. The molecule has 0 bridgehead atoms. The van der Waals surface area contributed by atoms with Crippen LogP contribution in [-0.4, -0.2) is 49.2 Å². The minimum atomic E-state index is 0.0586. The molecule has 4 heteroatoms. The van der Waals surface area contributed by atoms with Gasteiger partial charge >= 0.3 is 0 Å². The molecule has 0 radical (unpaired) electrons. The predicted octanol–water partition coefficient (Wildman–Crippen LogP) is -0.0127. The van der Waals surface area contributed by atoms with Gasteiger partial charge in [0, 0.05) is 26.1 Å². The first-order valence-corrected chi connectivity index (χ1v) is 5.36. The number of ether oxygens (including phenoxy) is 1. The molecule has 2 aliphatic heterocycles. The molecule has 0 aromatic rings. The Kier molecular flexibility index (Phi) is 2.74. The molecule has 4 nitrogen and oxygen atoms in total. The van der Waals surface area contributed by atoms with Crippen molar-refractivity contribution in [3.05, 3.63) is 0 Å². The average Bonchev–Trinajstić information content (AvgIpc) is 2.62. The summed E-state index contributed by atoms with van der Waals surface area (Å²) in [6.45, 7) is 6.07. The molecule has 14 heavy (non-hydrogen) atoms. The van der Waals surface area contributed by atoms with Crippen LogP contribution in [0.5, 0.6) is 0 Å². The van der Waals surface area contributed by atoms with Crippen LogP contribution in [0.2, 0.25) is 0 Å². The van der Waals surface area contributed by atoms with Gasteiger partial charge < -0.3 is 15.0 Å². The number of nitrogens with one attached hydrogen (secondary N) is 1. The summed E-state index contributed by atoms with van der Waals surface area (Å²) >= 11 is 0. The van der Waals surface area contributed by atoms with Gasteiger partial charge in [0.15, 0.2) is 0 Å². The summed E-state index contributed by atoms with van der Waals surface area (Å²) in [5.41, 5.74) is 0.0586. The Labute approximate surface area is 84.6 Å². The summed E-state index contributed by atoms with van der Waals surface area (Å²) in [4.78, 5) is 13.4. The Morgan fingerprint density at radius 1 is 1.64 bits per heavy atom. The van der Waals surface area contributed by atoms with E-state index in [1.807, 2.05) is 11.8 Å². The molecule has 2 saturated heterocycles. The van der Waals surface area contributed by atoms with Crippen molar-refractivity contribution in [1.82, 2.24) is 10.2 Å². The zero-order valence-electron chi connectivity index (χ0n) is 8.71. The van der Waals surface area contributed by atoms with Crippen molar-refractivity contribution in [3.8, 4) is 0 Å². The third-order valence-corrected chi connectivity index (χ3v) is 3.13. The van der Waals surface area contributed by atoms with Crippen LogP contribution in [0.25, 0.3) is 0 Å². The van der Waals surface area contributed by atoms with E-state index in [1.54, 1.807) is 0 Å². The summed E-state index contributed by atoms with van der Waals surface area (Å²) < 4.78 is 5.47. The zero-order chi connectivity index (χ0) is 10.0. The van der Waals surface area contributed by atoms with Crippen LogP contribution in [0.4, 0.5) is 0 Å². The maximum absolute atomic E-state index is 11.5. The Morgan fingerprint density at radius 2 is 2.50 bits per heavy atom. The fourth-order valence-electron chi connectivity index (χ4n) is 2.28. The number of nitrogens with zero attached hydrogens (tertiary/aromatic N) is 1. The van der Waals surface area contributed by atoms with Crippen LogP contribution < -0.4 is 5.32 Å². The zero-order valence-corrected chi connectivity index (χ0v) is 8.71. The van der Waals surface area contributed by atoms with E-state index in [1.165, 1.54) is 0 Å². The van der Waals surface area contributed by atoms with Crippen molar-refractivity contribution in [3.63, 3.8) is 0 Å². The molecule has 2 aliphatic rings. The molecule has 2 heterocycles. The van der Waals surface area contributed by atoms with Crippen molar-refractivity contribution in [2.24, 2.45) is 0 Å². The number of amides is 1. The molecule has 2 fully saturated rings. The number of likely N-dealkylation sites (tertiary alicyclic amines) is 1. The smallest absolute Gasteiger partial charge is 0.222 e. The van der Waals surface area contributed by atoms with Crippen molar-refractivity contribution in [2.75, 3.05) is 32.8 Å². The van der Waals surface area contributed by atoms with Crippen LogP contribution in [0.1, 0.15) is 19.8 Å². The topological polar surface area (TPSA) is 41.6 Å². The molecule has 80 valence electrons. The standard InChI is InChI=1S/C10H18N2O2/c1-2-9(13)12-5-3-10(7-12)8-14-6-4-11-10/h11H,2-8H2,1H3. The molecule has 0 aromatic heterocycles. The number of hydrogen-bond acceptors (Lipinski definition) is 3. The van der Waals surface area contributed by atoms with Crippen LogP contribution in [-0.2, 0) is 9.53 Å².